The van der Waals surface area contributed by atoms with Crippen LogP contribution in [0.15, 0.2) is 18.2 Å². The second-order valence-electron chi connectivity index (χ2n) is 5.20. The molecule has 100 valence electrons. The van der Waals surface area contributed by atoms with Crippen molar-refractivity contribution in [3.8, 4) is 0 Å². The number of carbonyl (C=O) groups is 2. The van der Waals surface area contributed by atoms with E-state index in [1.54, 1.807) is 0 Å². The molecule has 2 unspecified atom stereocenters. The van der Waals surface area contributed by atoms with Crippen molar-refractivity contribution in [3.05, 3.63) is 29.6 Å². The average Bonchev–Trinajstić information content (AvgIpc) is 2.85. The van der Waals surface area contributed by atoms with E-state index in [4.69, 9.17) is 5.73 Å². The van der Waals surface area contributed by atoms with E-state index in [0.717, 1.165) is 12.8 Å². The van der Waals surface area contributed by atoms with Gasteiger partial charge in [-0.05, 0) is 37.5 Å². The standard InChI is InChI=1S/C14H15FN2O2/c15-12-4-3-11(6-10(12)7-16)17-13(18)8-1-2-9(5-8)14(17)19/h3-4,6,8-9H,1-2,5,7,16H2. The third kappa shape index (κ3) is 1.85. The molecule has 1 aromatic rings. The van der Waals surface area contributed by atoms with E-state index < -0.39 is 5.82 Å². The minimum Gasteiger partial charge on any atom is -0.326 e. The Hall–Kier alpha value is -1.75. The molecular formula is C14H15FN2O2. The SMILES string of the molecule is NCc1cc(N2C(=O)C3CCC(C3)C2=O)ccc1F. The maximum atomic E-state index is 13.4. The molecule has 1 aromatic carbocycles. The molecule has 2 N–H and O–H groups in total. The monoisotopic (exact) mass is 262 g/mol. The molecule has 2 amide bonds. The Morgan fingerprint density at radius 3 is 2.42 bits per heavy atom. The number of hydrogen-bond donors (Lipinski definition) is 1. The number of rotatable bonds is 2. The Morgan fingerprint density at radius 1 is 1.21 bits per heavy atom. The number of nitrogens with zero attached hydrogens (tertiary/aromatic N) is 1. The fourth-order valence-electron chi connectivity index (χ4n) is 3.01. The zero-order valence-corrected chi connectivity index (χ0v) is 10.4. The fraction of sp³-hybridized carbons (Fsp3) is 0.429. The summed E-state index contributed by atoms with van der Waals surface area (Å²) in [5.41, 5.74) is 6.21. The van der Waals surface area contributed by atoms with Crippen LogP contribution < -0.4 is 10.6 Å². The van der Waals surface area contributed by atoms with Gasteiger partial charge in [0.2, 0.25) is 11.8 Å². The van der Waals surface area contributed by atoms with Gasteiger partial charge in [0.25, 0.3) is 0 Å². The number of amides is 2. The number of benzene rings is 1. The minimum atomic E-state index is -0.411. The molecule has 4 nitrogen and oxygen atoms in total. The highest BCUT2D eigenvalue weighted by Crippen LogP contribution is 2.40. The number of halogens is 1. The molecule has 1 heterocycles. The molecule has 2 aliphatic rings. The summed E-state index contributed by atoms with van der Waals surface area (Å²) in [6.07, 6.45) is 2.21. The summed E-state index contributed by atoms with van der Waals surface area (Å²) in [4.78, 5) is 25.7. The number of carbonyl (C=O) groups excluding carboxylic acids is 2. The van der Waals surface area contributed by atoms with E-state index in [2.05, 4.69) is 0 Å². The van der Waals surface area contributed by atoms with Gasteiger partial charge in [0.15, 0.2) is 0 Å². The van der Waals surface area contributed by atoms with E-state index >= 15 is 0 Å². The predicted octanol–water partition coefficient (Wildman–Crippen LogP) is 1.57. The molecular weight excluding hydrogens is 247 g/mol. The molecule has 1 aliphatic heterocycles. The quantitative estimate of drug-likeness (QED) is 0.823. The van der Waals surface area contributed by atoms with Crippen LogP contribution in [0.4, 0.5) is 10.1 Å². The second-order valence-corrected chi connectivity index (χ2v) is 5.20. The summed E-state index contributed by atoms with van der Waals surface area (Å²) in [6.45, 7) is 0.0444. The summed E-state index contributed by atoms with van der Waals surface area (Å²) in [5, 5.41) is 0. The zero-order valence-electron chi connectivity index (χ0n) is 10.4. The number of imide groups is 1. The highest BCUT2D eigenvalue weighted by molar-refractivity contribution is 6.18. The molecule has 2 atom stereocenters. The van der Waals surface area contributed by atoms with Gasteiger partial charge in [0.05, 0.1) is 5.69 Å². The van der Waals surface area contributed by atoms with Crippen molar-refractivity contribution in [2.45, 2.75) is 25.8 Å². The van der Waals surface area contributed by atoms with Crippen LogP contribution in [0.25, 0.3) is 0 Å². The minimum absolute atomic E-state index is 0.0444. The third-order valence-electron chi connectivity index (χ3n) is 4.08. The first-order valence-electron chi connectivity index (χ1n) is 6.48. The average molecular weight is 262 g/mol. The second kappa shape index (κ2) is 4.42. The number of anilines is 1. The van der Waals surface area contributed by atoms with Crippen LogP contribution in [0.2, 0.25) is 0 Å². The van der Waals surface area contributed by atoms with Crippen molar-refractivity contribution in [2.24, 2.45) is 17.6 Å². The highest BCUT2D eigenvalue weighted by atomic mass is 19.1. The lowest BCUT2D eigenvalue weighted by Crippen LogP contribution is -2.46. The van der Waals surface area contributed by atoms with E-state index in [9.17, 15) is 14.0 Å². The van der Waals surface area contributed by atoms with Crippen LogP contribution in [-0.2, 0) is 16.1 Å². The number of fused-ring (bicyclic) bond motifs is 2. The van der Waals surface area contributed by atoms with Crippen LogP contribution in [0.3, 0.4) is 0 Å². The van der Waals surface area contributed by atoms with Crippen molar-refractivity contribution in [1.29, 1.82) is 0 Å². The van der Waals surface area contributed by atoms with Gasteiger partial charge >= 0.3 is 0 Å². The van der Waals surface area contributed by atoms with Crippen molar-refractivity contribution >= 4 is 17.5 Å². The third-order valence-corrected chi connectivity index (χ3v) is 4.08. The molecule has 0 radical (unpaired) electrons. The lowest BCUT2D eigenvalue weighted by molar-refractivity contribution is -0.132. The number of nitrogens with two attached hydrogens (primary N) is 1. The molecule has 5 heteroatoms. The topological polar surface area (TPSA) is 63.4 Å². The van der Waals surface area contributed by atoms with Crippen molar-refractivity contribution in [2.75, 3.05) is 4.90 Å². The van der Waals surface area contributed by atoms with Crippen molar-refractivity contribution in [3.63, 3.8) is 0 Å². The lowest BCUT2D eigenvalue weighted by atomic mass is 9.96. The summed E-state index contributed by atoms with van der Waals surface area (Å²) >= 11 is 0. The largest absolute Gasteiger partial charge is 0.326 e. The molecule has 1 aliphatic carbocycles. The van der Waals surface area contributed by atoms with E-state index in [0.29, 0.717) is 17.7 Å². The maximum Gasteiger partial charge on any atom is 0.236 e. The van der Waals surface area contributed by atoms with Gasteiger partial charge in [0.1, 0.15) is 5.82 Å². The van der Waals surface area contributed by atoms with Gasteiger partial charge in [-0.3, -0.25) is 14.5 Å². The van der Waals surface area contributed by atoms with Gasteiger partial charge in [-0.2, -0.15) is 0 Å². The Balaban J connectivity index is 2.01. The Morgan fingerprint density at radius 2 is 1.84 bits per heavy atom. The highest BCUT2D eigenvalue weighted by Gasteiger charge is 2.45. The van der Waals surface area contributed by atoms with Crippen molar-refractivity contribution in [1.82, 2.24) is 0 Å². The Kier molecular flexibility index (Phi) is 2.86. The van der Waals surface area contributed by atoms with Crippen LogP contribution in [0.1, 0.15) is 24.8 Å². The van der Waals surface area contributed by atoms with E-state index in [1.165, 1.54) is 23.1 Å². The first-order valence-corrected chi connectivity index (χ1v) is 6.48. The normalized spacial score (nSPS) is 26.1. The smallest absolute Gasteiger partial charge is 0.236 e. The first-order chi connectivity index (χ1) is 9.11. The Labute approximate surface area is 110 Å². The van der Waals surface area contributed by atoms with Crippen LogP contribution >= 0.6 is 0 Å². The number of hydrogen-bond acceptors (Lipinski definition) is 3. The summed E-state index contributed by atoms with van der Waals surface area (Å²) in [5.74, 6) is -0.851. The molecule has 3 rings (SSSR count). The molecule has 0 spiro atoms. The lowest BCUT2D eigenvalue weighted by Gasteiger charge is -2.29. The molecule has 19 heavy (non-hydrogen) atoms. The molecule has 0 aromatic heterocycles. The van der Waals surface area contributed by atoms with Gasteiger partial charge in [-0.25, -0.2) is 4.39 Å². The van der Waals surface area contributed by atoms with E-state index in [1.807, 2.05) is 0 Å². The molecule has 2 bridgehead atoms. The Bertz CT molecular complexity index is 536. The summed E-state index contributed by atoms with van der Waals surface area (Å²) in [7, 11) is 0. The summed E-state index contributed by atoms with van der Waals surface area (Å²) < 4.78 is 13.4. The first kappa shape index (κ1) is 12.3. The van der Waals surface area contributed by atoms with Crippen LogP contribution in [0.5, 0.6) is 0 Å². The van der Waals surface area contributed by atoms with E-state index in [-0.39, 0.29) is 30.2 Å². The van der Waals surface area contributed by atoms with Crippen LogP contribution in [0, 0.1) is 17.7 Å². The van der Waals surface area contributed by atoms with Gasteiger partial charge in [-0.15, -0.1) is 0 Å². The van der Waals surface area contributed by atoms with Crippen molar-refractivity contribution < 1.29 is 14.0 Å². The van der Waals surface area contributed by atoms with Gasteiger partial charge in [-0.1, -0.05) is 0 Å². The molecule has 1 saturated carbocycles. The predicted molar refractivity (Wildman–Crippen MR) is 67.6 cm³/mol. The van der Waals surface area contributed by atoms with Crippen LogP contribution in [-0.4, -0.2) is 11.8 Å². The number of piperidine rings is 1. The van der Waals surface area contributed by atoms with Gasteiger partial charge < -0.3 is 5.73 Å². The molecule has 1 saturated heterocycles. The zero-order chi connectivity index (χ0) is 13.6. The molecule has 2 fully saturated rings. The maximum absolute atomic E-state index is 13.4. The summed E-state index contributed by atoms with van der Waals surface area (Å²) in [6, 6.07) is 4.22. The van der Waals surface area contributed by atoms with Gasteiger partial charge in [0, 0.05) is 23.9 Å². The fourth-order valence-corrected chi connectivity index (χ4v) is 3.01.